The molecule has 1 aromatic heterocycles. The zero-order valence-electron chi connectivity index (χ0n) is 17.9. The lowest BCUT2D eigenvalue weighted by molar-refractivity contribution is -0.155. The number of ketones is 2. The number of furan rings is 1. The number of rotatable bonds is 3. The fourth-order valence-electron chi connectivity index (χ4n) is 6.40. The molecule has 1 saturated carbocycles. The lowest BCUT2D eigenvalue weighted by atomic mass is 9.52. The van der Waals surface area contributed by atoms with Crippen LogP contribution in [0.25, 0.3) is 0 Å². The normalized spacial score (nSPS) is 36.0. The number of carbonyl (C=O) groups excluding carboxylic acids is 4. The highest BCUT2D eigenvalue weighted by Crippen LogP contribution is 2.62. The fourth-order valence-corrected chi connectivity index (χ4v) is 6.40. The van der Waals surface area contributed by atoms with Gasteiger partial charge >= 0.3 is 11.9 Å². The van der Waals surface area contributed by atoms with Gasteiger partial charge in [-0.05, 0) is 25.3 Å². The number of allylic oxidation sites excluding steroid dienone is 1. The third-order valence-corrected chi connectivity index (χ3v) is 8.10. The zero-order chi connectivity index (χ0) is 22.3. The topological polar surface area (TPSA) is 109 Å². The Kier molecular flexibility index (Phi) is 4.16. The SMILES string of the molecule is COC[C@H]1OC(=O)c2coc3c2[C@@]1(C)C1=C(C3=O)C2CCC(=O)[C@@]2(C)[C@@H](C(=O)OC)C1. The lowest BCUT2D eigenvalue weighted by Crippen LogP contribution is -2.56. The molecule has 0 spiro atoms. The predicted octanol–water partition coefficient (Wildman–Crippen LogP) is 2.39. The number of methoxy groups -OCH3 is 2. The van der Waals surface area contributed by atoms with Crippen LogP contribution in [0.4, 0.5) is 0 Å². The molecule has 8 heteroatoms. The smallest absolute Gasteiger partial charge is 0.342 e. The number of cyclic esters (lactones) is 1. The largest absolute Gasteiger partial charge is 0.469 e. The maximum absolute atomic E-state index is 13.6. The maximum atomic E-state index is 13.6. The van der Waals surface area contributed by atoms with Gasteiger partial charge in [-0.15, -0.1) is 0 Å². The second-order valence-electron chi connectivity index (χ2n) is 9.20. The van der Waals surface area contributed by atoms with Gasteiger partial charge in [0.05, 0.1) is 25.0 Å². The first kappa shape index (κ1) is 20.2. The standard InChI is InChI=1S/C23H24O8/c1-22-11(5-6-14(22)24)16-12(7-13(22)21(27)29-4)23(2)15(9-28-3)31-20(26)10-8-30-19(17(10)23)18(16)25/h8,11,13,15H,5-7,9H2,1-4H3/t11?,13-,15-,22-,23+/m1/s1. The molecule has 164 valence electrons. The van der Waals surface area contributed by atoms with Gasteiger partial charge in [0.1, 0.15) is 23.7 Å². The van der Waals surface area contributed by atoms with Gasteiger partial charge in [0, 0.05) is 36.0 Å². The molecule has 0 amide bonds. The Morgan fingerprint density at radius 3 is 2.65 bits per heavy atom. The number of hydrogen-bond acceptors (Lipinski definition) is 8. The molecule has 1 aliphatic heterocycles. The van der Waals surface area contributed by atoms with Crippen molar-refractivity contribution in [2.24, 2.45) is 17.3 Å². The van der Waals surface area contributed by atoms with E-state index in [9.17, 15) is 19.2 Å². The molecule has 0 N–H and O–H groups in total. The van der Waals surface area contributed by atoms with Crippen LogP contribution in [0.1, 0.15) is 59.6 Å². The number of fused-ring (bicyclic) bond motifs is 3. The number of Topliss-reactive ketones (excluding diaryl/α,β-unsaturated/α-hetero) is 2. The number of ether oxygens (including phenoxy) is 3. The third-order valence-electron chi connectivity index (χ3n) is 8.10. The van der Waals surface area contributed by atoms with Crippen molar-refractivity contribution in [1.29, 1.82) is 0 Å². The molecule has 1 fully saturated rings. The summed E-state index contributed by atoms with van der Waals surface area (Å²) >= 11 is 0. The highest BCUT2D eigenvalue weighted by molar-refractivity contribution is 6.14. The second-order valence-corrected chi connectivity index (χ2v) is 9.20. The van der Waals surface area contributed by atoms with Crippen LogP contribution in [-0.2, 0) is 29.2 Å². The molecule has 0 saturated heterocycles. The molecule has 0 radical (unpaired) electrons. The van der Waals surface area contributed by atoms with Crippen LogP contribution in [0.15, 0.2) is 21.8 Å². The fraction of sp³-hybridized carbons (Fsp3) is 0.565. The molecule has 0 aromatic carbocycles. The van der Waals surface area contributed by atoms with E-state index < -0.39 is 40.7 Å². The van der Waals surface area contributed by atoms with Gasteiger partial charge in [-0.1, -0.05) is 6.92 Å². The van der Waals surface area contributed by atoms with Gasteiger partial charge in [0.15, 0.2) is 5.76 Å². The third kappa shape index (κ3) is 2.23. The van der Waals surface area contributed by atoms with Crippen molar-refractivity contribution in [3.8, 4) is 0 Å². The van der Waals surface area contributed by atoms with Gasteiger partial charge < -0.3 is 18.6 Å². The highest BCUT2D eigenvalue weighted by atomic mass is 16.6. The summed E-state index contributed by atoms with van der Waals surface area (Å²) in [6, 6.07) is 0. The second kappa shape index (κ2) is 6.38. The van der Waals surface area contributed by atoms with E-state index >= 15 is 0 Å². The van der Waals surface area contributed by atoms with Crippen molar-refractivity contribution in [2.45, 2.75) is 44.6 Å². The molecule has 5 rings (SSSR count). The Bertz CT molecular complexity index is 1080. The Hall–Kier alpha value is -2.74. The van der Waals surface area contributed by atoms with E-state index in [-0.39, 0.29) is 35.9 Å². The summed E-state index contributed by atoms with van der Waals surface area (Å²) < 4.78 is 21.8. The van der Waals surface area contributed by atoms with Crippen LogP contribution >= 0.6 is 0 Å². The number of esters is 2. The molecule has 8 nitrogen and oxygen atoms in total. The van der Waals surface area contributed by atoms with Crippen molar-refractivity contribution < 1.29 is 37.8 Å². The van der Waals surface area contributed by atoms with Crippen molar-refractivity contribution in [1.82, 2.24) is 0 Å². The molecule has 31 heavy (non-hydrogen) atoms. The minimum Gasteiger partial charge on any atom is -0.469 e. The summed E-state index contributed by atoms with van der Waals surface area (Å²) in [5.41, 5.74) is 0.0105. The summed E-state index contributed by atoms with van der Waals surface area (Å²) in [6.45, 7) is 3.78. The summed E-state index contributed by atoms with van der Waals surface area (Å²) in [4.78, 5) is 52.1. The van der Waals surface area contributed by atoms with Crippen molar-refractivity contribution in [2.75, 3.05) is 20.8 Å². The number of carbonyl (C=O) groups is 4. The van der Waals surface area contributed by atoms with Crippen molar-refractivity contribution in [3.63, 3.8) is 0 Å². The summed E-state index contributed by atoms with van der Waals surface area (Å²) in [5, 5.41) is 0. The van der Waals surface area contributed by atoms with Crippen LogP contribution < -0.4 is 0 Å². The monoisotopic (exact) mass is 428 g/mol. The summed E-state index contributed by atoms with van der Waals surface area (Å²) in [5.74, 6) is -2.42. The first-order valence-corrected chi connectivity index (χ1v) is 10.4. The molecule has 1 aromatic rings. The van der Waals surface area contributed by atoms with Crippen molar-refractivity contribution >= 4 is 23.5 Å². The molecule has 2 heterocycles. The van der Waals surface area contributed by atoms with Crippen LogP contribution in [0.5, 0.6) is 0 Å². The summed E-state index contributed by atoms with van der Waals surface area (Å²) in [7, 11) is 2.82. The Labute approximate surface area is 178 Å². The van der Waals surface area contributed by atoms with Crippen molar-refractivity contribution in [3.05, 3.63) is 34.3 Å². The average Bonchev–Trinajstić information content (AvgIpc) is 3.32. The molecular weight excluding hydrogens is 404 g/mol. The van der Waals surface area contributed by atoms with Crippen LogP contribution in [-0.4, -0.2) is 50.4 Å². The zero-order valence-corrected chi connectivity index (χ0v) is 17.9. The van der Waals surface area contributed by atoms with E-state index in [1.165, 1.54) is 20.5 Å². The van der Waals surface area contributed by atoms with E-state index in [1.54, 1.807) is 6.92 Å². The van der Waals surface area contributed by atoms with E-state index in [2.05, 4.69) is 0 Å². The molecule has 5 atom stereocenters. The van der Waals surface area contributed by atoms with Gasteiger partial charge in [0.25, 0.3) is 0 Å². The molecule has 0 bridgehead atoms. The van der Waals surface area contributed by atoms with E-state index in [1.807, 2.05) is 6.92 Å². The predicted molar refractivity (Wildman–Crippen MR) is 104 cm³/mol. The minimum absolute atomic E-state index is 0.0353. The minimum atomic E-state index is -1.02. The van der Waals surface area contributed by atoms with Gasteiger partial charge in [0.2, 0.25) is 5.78 Å². The first-order valence-electron chi connectivity index (χ1n) is 10.4. The quantitative estimate of drug-likeness (QED) is 0.675. The van der Waals surface area contributed by atoms with Gasteiger partial charge in [-0.3, -0.25) is 14.4 Å². The van der Waals surface area contributed by atoms with E-state index in [4.69, 9.17) is 18.6 Å². The molecular formula is C23H24O8. The Morgan fingerprint density at radius 1 is 1.23 bits per heavy atom. The van der Waals surface area contributed by atoms with Crippen LogP contribution in [0.3, 0.4) is 0 Å². The first-order chi connectivity index (χ1) is 14.7. The molecule has 4 aliphatic rings. The Morgan fingerprint density at radius 2 is 1.97 bits per heavy atom. The molecule has 1 unspecified atom stereocenters. The van der Waals surface area contributed by atoms with Crippen LogP contribution in [0.2, 0.25) is 0 Å². The molecule has 3 aliphatic carbocycles. The van der Waals surface area contributed by atoms with E-state index in [0.717, 1.165) is 5.57 Å². The average molecular weight is 428 g/mol. The number of hydrogen-bond donors (Lipinski definition) is 0. The van der Waals surface area contributed by atoms with Gasteiger partial charge in [-0.25, -0.2) is 4.79 Å². The lowest BCUT2D eigenvalue weighted by Gasteiger charge is -2.51. The summed E-state index contributed by atoms with van der Waals surface area (Å²) in [6.07, 6.45) is 1.50. The van der Waals surface area contributed by atoms with E-state index in [0.29, 0.717) is 24.0 Å². The van der Waals surface area contributed by atoms with Gasteiger partial charge in [-0.2, -0.15) is 0 Å². The maximum Gasteiger partial charge on any atom is 0.342 e. The van der Waals surface area contributed by atoms with Crippen LogP contribution in [0, 0.1) is 17.3 Å². The highest BCUT2D eigenvalue weighted by Gasteiger charge is 2.65. The Balaban J connectivity index is 1.80.